The quantitative estimate of drug-likeness (QED) is 0.755. The van der Waals surface area contributed by atoms with Gasteiger partial charge in [0.1, 0.15) is 0 Å². The third-order valence-corrected chi connectivity index (χ3v) is 3.69. The molecule has 0 bridgehead atoms. The minimum atomic E-state index is -0.102. The van der Waals surface area contributed by atoms with E-state index in [4.69, 9.17) is 23.2 Å². The second-order valence-electron chi connectivity index (χ2n) is 5.00. The van der Waals surface area contributed by atoms with Crippen LogP contribution in [0, 0.1) is 0 Å². The first kappa shape index (κ1) is 12.7. The van der Waals surface area contributed by atoms with Crippen LogP contribution in [0.15, 0.2) is 12.1 Å². The summed E-state index contributed by atoms with van der Waals surface area (Å²) in [5, 5.41) is 1.17. The molecule has 92 valence electrons. The highest BCUT2D eigenvalue weighted by Gasteiger charge is 2.39. The third-order valence-electron chi connectivity index (χ3n) is 3.18. The highest BCUT2D eigenvalue weighted by atomic mass is 35.5. The summed E-state index contributed by atoms with van der Waals surface area (Å²) < 4.78 is 0. The van der Waals surface area contributed by atoms with Crippen molar-refractivity contribution in [3.8, 4) is 0 Å². The maximum absolute atomic E-state index is 11.9. The molecule has 1 aromatic carbocycles. The number of rotatable bonds is 1. The molecule has 1 aliphatic rings. The van der Waals surface area contributed by atoms with Crippen molar-refractivity contribution in [2.45, 2.75) is 32.6 Å². The first-order chi connectivity index (χ1) is 7.86. The van der Waals surface area contributed by atoms with E-state index in [1.165, 1.54) is 0 Å². The summed E-state index contributed by atoms with van der Waals surface area (Å²) in [6.07, 6.45) is 0.481. The summed E-state index contributed by atoms with van der Waals surface area (Å²) in [5.74, 6) is 0.0982. The van der Waals surface area contributed by atoms with Gasteiger partial charge in [-0.25, -0.2) is 0 Å². The lowest BCUT2D eigenvalue weighted by Crippen LogP contribution is -2.33. The van der Waals surface area contributed by atoms with Crippen molar-refractivity contribution in [1.82, 2.24) is 0 Å². The Balaban J connectivity index is 2.61. The molecular weight excluding hydrogens is 257 g/mol. The minimum Gasteiger partial charge on any atom is -0.310 e. The van der Waals surface area contributed by atoms with Gasteiger partial charge in [-0.3, -0.25) is 4.79 Å². The van der Waals surface area contributed by atoms with Crippen LogP contribution in [0.5, 0.6) is 0 Å². The van der Waals surface area contributed by atoms with E-state index in [0.29, 0.717) is 23.0 Å². The van der Waals surface area contributed by atoms with Gasteiger partial charge in [-0.05, 0) is 17.7 Å². The Morgan fingerprint density at radius 2 is 2.06 bits per heavy atom. The average Bonchev–Trinajstić information content (AvgIpc) is 2.50. The lowest BCUT2D eigenvalue weighted by atomic mass is 9.87. The molecule has 0 N–H and O–H groups in total. The molecule has 4 heteroatoms. The predicted octanol–water partition coefficient (Wildman–Crippen LogP) is 4.03. The van der Waals surface area contributed by atoms with Gasteiger partial charge in [0.25, 0.3) is 0 Å². The predicted molar refractivity (Wildman–Crippen MR) is 72.1 cm³/mol. The van der Waals surface area contributed by atoms with E-state index in [1.54, 1.807) is 11.0 Å². The van der Waals surface area contributed by atoms with Gasteiger partial charge in [0.05, 0.1) is 10.7 Å². The molecule has 1 amide bonds. The normalized spacial score (nSPS) is 17.1. The maximum atomic E-state index is 11.9. The van der Waals surface area contributed by atoms with Crippen molar-refractivity contribution < 1.29 is 4.79 Å². The van der Waals surface area contributed by atoms with Crippen LogP contribution in [0.2, 0.25) is 10.0 Å². The standard InChI is InChI=1S/C13H15Cl2NO/c1-4-11(17)16-7-13(2,3)9-5-8(14)6-10(15)12(9)16/h5-6H,4,7H2,1-3H3. The largest absolute Gasteiger partial charge is 0.310 e. The van der Waals surface area contributed by atoms with E-state index >= 15 is 0 Å². The number of amides is 1. The van der Waals surface area contributed by atoms with E-state index in [2.05, 4.69) is 13.8 Å². The van der Waals surface area contributed by atoms with Gasteiger partial charge in [-0.15, -0.1) is 0 Å². The van der Waals surface area contributed by atoms with E-state index in [-0.39, 0.29) is 11.3 Å². The van der Waals surface area contributed by atoms with E-state index in [9.17, 15) is 4.79 Å². The van der Waals surface area contributed by atoms with Crippen LogP contribution >= 0.6 is 23.2 Å². The molecule has 0 spiro atoms. The summed E-state index contributed by atoms with van der Waals surface area (Å²) in [4.78, 5) is 13.7. The van der Waals surface area contributed by atoms with Crippen LogP contribution in [0.25, 0.3) is 0 Å². The number of benzene rings is 1. The molecular formula is C13H15Cl2NO. The molecule has 0 unspecified atom stereocenters. The molecule has 0 radical (unpaired) electrons. The Bertz CT molecular complexity index is 483. The van der Waals surface area contributed by atoms with Crippen molar-refractivity contribution in [3.05, 3.63) is 27.7 Å². The van der Waals surface area contributed by atoms with Crippen LogP contribution in [0.3, 0.4) is 0 Å². The molecule has 0 atom stereocenters. The molecule has 0 saturated carbocycles. The van der Waals surface area contributed by atoms with Gasteiger partial charge in [-0.1, -0.05) is 44.0 Å². The highest BCUT2D eigenvalue weighted by molar-refractivity contribution is 6.37. The Hall–Kier alpha value is -0.730. The summed E-state index contributed by atoms with van der Waals surface area (Å²) in [6, 6.07) is 3.60. The average molecular weight is 272 g/mol. The second kappa shape index (κ2) is 4.18. The summed E-state index contributed by atoms with van der Waals surface area (Å²) in [7, 11) is 0. The van der Waals surface area contributed by atoms with Crippen molar-refractivity contribution in [2.75, 3.05) is 11.4 Å². The van der Waals surface area contributed by atoms with Crippen LogP contribution in [-0.2, 0) is 10.2 Å². The van der Waals surface area contributed by atoms with Crippen LogP contribution in [0.1, 0.15) is 32.8 Å². The zero-order valence-electron chi connectivity index (χ0n) is 10.2. The summed E-state index contributed by atoms with van der Waals surface area (Å²) in [6.45, 7) is 6.72. The van der Waals surface area contributed by atoms with Crippen molar-refractivity contribution in [1.29, 1.82) is 0 Å². The fourth-order valence-corrected chi connectivity index (χ4v) is 2.91. The first-order valence-corrected chi connectivity index (χ1v) is 6.42. The number of anilines is 1. The number of nitrogens with zero attached hydrogens (tertiary/aromatic N) is 1. The van der Waals surface area contributed by atoms with Gasteiger partial charge in [-0.2, -0.15) is 0 Å². The molecule has 0 saturated heterocycles. The minimum absolute atomic E-state index is 0.0982. The second-order valence-corrected chi connectivity index (χ2v) is 5.84. The van der Waals surface area contributed by atoms with E-state index < -0.39 is 0 Å². The summed E-state index contributed by atoms with van der Waals surface area (Å²) >= 11 is 12.2. The molecule has 0 fully saturated rings. The molecule has 1 aromatic rings. The van der Waals surface area contributed by atoms with Crippen LogP contribution < -0.4 is 4.90 Å². The molecule has 17 heavy (non-hydrogen) atoms. The molecule has 0 aromatic heterocycles. The lowest BCUT2D eigenvalue weighted by molar-refractivity contribution is -0.118. The fraction of sp³-hybridized carbons (Fsp3) is 0.462. The smallest absolute Gasteiger partial charge is 0.226 e. The van der Waals surface area contributed by atoms with Gasteiger partial charge in [0.15, 0.2) is 0 Å². The van der Waals surface area contributed by atoms with Crippen LogP contribution in [0.4, 0.5) is 5.69 Å². The zero-order chi connectivity index (χ0) is 12.8. The summed E-state index contributed by atoms with van der Waals surface area (Å²) in [5.41, 5.74) is 1.78. The maximum Gasteiger partial charge on any atom is 0.226 e. The number of carbonyl (C=O) groups excluding carboxylic acids is 1. The number of fused-ring (bicyclic) bond motifs is 1. The lowest BCUT2D eigenvalue weighted by Gasteiger charge is -2.20. The Kier molecular flexibility index (Phi) is 3.13. The molecule has 1 aliphatic heterocycles. The van der Waals surface area contributed by atoms with Gasteiger partial charge < -0.3 is 4.90 Å². The molecule has 1 heterocycles. The molecule has 2 rings (SSSR count). The number of hydrogen-bond donors (Lipinski definition) is 0. The molecule has 0 aliphatic carbocycles. The van der Waals surface area contributed by atoms with E-state index in [1.807, 2.05) is 13.0 Å². The van der Waals surface area contributed by atoms with Crippen molar-refractivity contribution in [3.63, 3.8) is 0 Å². The SMILES string of the molecule is CCC(=O)N1CC(C)(C)c2cc(Cl)cc(Cl)c21. The third kappa shape index (κ3) is 2.04. The number of hydrogen-bond acceptors (Lipinski definition) is 1. The Morgan fingerprint density at radius 1 is 1.41 bits per heavy atom. The number of carbonyl (C=O) groups is 1. The monoisotopic (exact) mass is 271 g/mol. The van der Waals surface area contributed by atoms with Crippen molar-refractivity contribution in [2.24, 2.45) is 0 Å². The Labute approximate surface area is 112 Å². The molecule has 2 nitrogen and oxygen atoms in total. The number of halogens is 2. The van der Waals surface area contributed by atoms with Crippen molar-refractivity contribution >= 4 is 34.8 Å². The highest BCUT2D eigenvalue weighted by Crippen LogP contribution is 2.46. The van der Waals surface area contributed by atoms with Crippen LogP contribution in [-0.4, -0.2) is 12.5 Å². The fourth-order valence-electron chi connectivity index (χ4n) is 2.32. The Morgan fingerprint density at radius 3 is 2.65 bits per heavy atom. The zero-order valence-corrected chi connectivity index (χ0v) is 11.7. The van der Waals surface area contributed by atoms with Gasteiger partial charge >= 0.3 is 0 Å². The van der Waals surface area contributed by atoms with Gasteiger partial charge in [0.2, 0.25) is 5.91 Å². The van der Waals surface area contributed by atoms with Gasteiger partial charge in [0, 0.05) is 23.4 Å². The first-order valence-electron chi connectivity index (χ1n) is 5.66. The van der Waals surface area contributed by atoms with E-state index in [0.717, 1.165) is 11.3 Å². The topological polar surface area (TPSA) is 20.3 Å².